The molecule has 0 aromatic heterocycles. The standard InChI is InChI=1S/C25H24/c1-2-7-18(8-3-1)19-13-15-20(16-14-19)22-11-6-12-24-23-10-5-4-9-21(23)17-25(22)24/h4-6,9-16,18H,1-3,7-8,17H2. The molecule has 2 aliphatic rings. The van der Waals surface area contributed by atoms with Crippen molar-refractivity contribution in [1.82, 2.24) is 0 Å². The first kappa shape index (κ1) is 15.0. The predicted molar refractivity (Wildman–Crippen MR) is 106 cm³/mol. The molecule has 0 unspecified atom stereocenters. The first-order valence-corrected chi connectivity index (χ1v) is 9.71. The fraction of sp³-hybridized carbons (Fsp3) is 0.280. The molecular weight excluding hydrogens is 300 g/mol. The van der Waals surface area contributed by atoms with Crippen molar-refractivity contribution in [3.05, 3.63) is 83.4 Å². The third-order valence-corrected chi connectivity index (χ3v) is 6.15. The van der Waals surface area contributed by atoms with Crippen LogP contribution in [0, 0.1) is 0 Å². The van der Waals surface area contributed by atoms with Crippen LogP contribution in [0.3, 0.4) is 0 Å². The van der Waals surface area contributed by atoms with E-state index in [1.807, 2.05) is 0 Å². The van der Waals surface area contributed by atoms with Gasteiger partial charge in [-0.1, -0.05) is 86.0 Å². The molecule has 0 radical (unpaired) electrons. The lowest BCUT2D eigenvalue weighted by atomic mass is 9.83. The number of hydrogen-bond acceptors (Lipinski definition) is 0. The lowest BCUT2D eigenvalue weighted by molar-refractivity contribution is 0.443. The van der Waals surface area contributed by atoms with Crippen LogP contribution in [-0.2, 0) is 6.42 Å². The Balaban J connectivity index is 1.50. The second kappa shape index (κ2) is 6.19. The van der Waals surface area contributed by atoms with Crippen LogP contribution in [0.15, 0.2) is 66.7 Å². The molecule has 0 N–H and O–H groups in total. The molecule has 1 fully saturated rings. The fourth-order valence-corrected chi connectivity index (χ4v) is 4.80. The molecule has 3 aromatic carbocycles. The van der Waals surface area contributed by atoms with Gasteiger partial charge in [-0.25, -0.2) is 0 Å². The van der Waals surface area contributed by atoms with Gasteiger partial charge in [0.2, 0.25) is 0 Å². The topological polar surface area (TPSA) is 0 Å². The van der Waals surface area contributed by atoms with Gasteiger partial charge >= 0.3 is 0 Å². The Morgan fingerprint density at radius 1 is 0.600 bits per heavy atom. The van der Waals surface area contributed by atoms with Crippen LogP contribution in [0.1, 0.15) is 54.7 Å². The second-order valence-corrected chi connectivity index (χ2v) is 7.62. The van der Waals surface area contributed by atoms with Crippen molar-refractivity contribution >= 4 is 0 Å². The number of hydrogen-bond donors (Lipinski definition) is 0. The minimum Gasteiger partial charge on any atom is -0.0619 e. The molecule has 0 spiro atoms. The smallest absolute Gasteiger partial charge is 0.000729 e. The van der Waals surface area contributed by atoms with Crippen molar-refractivity contribution in [3.63, 3.8) is 0 Å². The van der Waals surface area contributed by atoms with E-state index in [-0.39, 0.29) is 0 Å². The molecule has 3 aromatic rings. The third-order valence-electron chi connectivity index (χ3n) is 6.15. The zero-order chi connectivity index (χ0) is 16.6. The first-order valence-electron chi connectivity index (χ1n) is 9.71. The van der Waals surface area contributed by atoms with Gasteiger partial charge in [-0.05, 0) is 64.1 Å². The highest BCUT2D eigenvalue weighted by Gasteiger charge is 2.21. The van der Waals surface area contributed by atoms with Gasteiger partial charge in [0.05, 0.1) is 0 Å². The molecule has 0 bridgehead atoms. The summed E-state index contributed by atoms with van der Waals surface area (Å²) in [4.78, 5) is 0. The van der Waals surface area contributed by atoms with E-state index in [9.17, 15) is 0 Å². The number of rotatable bonds is 2. The van der Waals surface area contributed by atoms with Crippen LogP contribution in [0.2, 0.25) is 0 Å². The highest BCUT2D eigenvalue weighted by atomic mass is 14.2. The SMILES string of the molecule is c1ccc2c(c1)Cc1c(-c3ccc(C4CCCCC4)cc3)cccc1-2. The summed E-state index contributed by atoms with van der Waals surface area (Å²) in [5, 5.41) is 0. The average molecular weight is 324 g/mol. The fourth-order valence-electron chi connectivity index (χ4n) is 4.80. The number of fused-ring (bicyclic) bond motifs is 3. The Bertz CT molecular complexity index is 896. The van der Waals surface area contributed by atoms with Crippen LogP contribution in [0.25, 0.3) is 22.3 Å². The maximum absolute atomic E-state index is 2.38. The maximum Gasteiger partial charge on any atom is -0.000729 e. The molecule has 25 heavy (non-hydrogen) atoms. The van der Waals surface area contributed by atoms with Crippen LogP contribution < -0.4 is 0 Å². The molecule has 124 valence electrons. The van der Waals surface area contributed by atoms with Gasteiger partial charge in [-0.15, -0.1) is 0 Å². The summed E-state index contributed by atoms with van der Waals surface area (Å²) < 4.78 is 0. The predicted octanol–water partition coefficient (Wildman–Crippen LogP) is 6.97. The van der Waals surface area contributed by atoms with Gasteiger partial charge in [-0.3, -0.25) is 0 Å². The van der Waals surface area contributed by atoms with Crippen molar-refractivity contribution < 1.29 is 0 Å². The van der Waals surface area contributed by atoms with Crippen molar-refractivity contribution in [3.8, 4) is 22.3 Å². The van der Waals surface area contributed by atoms with Crippen molar-refractivity contribution in [2.45, 2.75) is 44.4 Å². The quantitative estimate of drug-likeness (QED) is 0.373. The van der Waals surface area contributed by atoms with E-state index >= 15 is 0 Å². The molecule has 0 nitrogen and oxygen atoms in total. The van der Waals surface area contributed by atoms with E-state index in [0.29, 0.717) is 0 Å². The monoisotopic (exact) mass is 324 g/mol. The van der Waals surface area contributed by atoms with E-state index in [0.717, 1.165) is 12.3 Å². The van der Waals surface area contributed by atoms with Crippen LogP contribution in [-0.4, -0.2) is 0 Å². The van der Waals surface area contributed by atoms with Crippen LogP contribution in [0.4, 0.5) is 0 Å². The van der Waals surface area contributed by atoms with E-state index in [1.54, 1.807) is 5.56 Å². The molecule has 5 rings (SSSR count). The van der Waals surface area contributed by atoms with E-state index < -0.39 is 0 Å². The van der Waals surface area contributed by atoms with Gasteiger partial charge in [0, 0.05) is 0 Å². The van der Waals surface area contributed by atoms with Crippen molar-refractivity contribution in [2.24, 2.45) is 0 Å². The Morgan fingerprint density at radius 2 is 1.32 bits per heavy atom. The summed E-state index contributed by atoms with van der Waals surface area (Å²) in [6.07, 6.45) is 8.02. The normalized spacial score (nSPS) is 16.5. The maximum atomic E-state index is 2.38. The zero-order valence-electron chi connectivity index (χ0n) is 14.7. The summed E-state index contributed by atoms with van der Waals surface area (Å²) >= 11 is 0. The summed E-state index contributed by atoms with van der Waals surface area (Å²) in [7, 11) is 0. The minimum atomic E-state index is 0.786. The summed E-state index contributed by atoms with van der Waals surface area (Å²) in [5.74, 6) is 0.786. The Hall–Kier alpha value is -2.34. The molecule has 0 heteroatoms. The lowest BCUT2D eigenvalue weighted by Crippen LogP contribution is -2.04. The van der Waals surface area contributed by atoms with Crippen molar-refractivity contribution in [2.75, 3.05) is 0 Å². The molecule has 0 atom stereocenters. The van der Waals surface area contributed by atoms with Gasteiger partial charge in [-0.2, -0.15) is 0 Å². The van der Waals surface area contributed by atoms with Gasteiger partial charge < -0.3 is 0 Å². The third kappa shape index (κ3) is 2.61. The van der Waals surface area contributed by atoms with Gasteiger partial charge in [0.15, 0.2) is 0 Å². The Labute approximate surface area is 150 Å². The first-order chi connectivity index (χ1) is 12.4. The Morgan fingerprint density at radius 3 is 2.16 bits per heavy atom. The average Bonchev–Trinajstić information content (AvgIpc) is 3.08. The van der Waals surface area contributed by atoms with Crippen molar-refractivity contribution in [1.29, 1.82) is 0 Å². The number of benzene rings is 3. The molecule has 2 aliphatic carbocycles. The Kier molecular flexibility index (Phi) is 3.70. The van der Waals surface area contributed by atoms with Gasteiger partial charge in [0.1, 0.15) is 0 Å². The summed E-state index contributed by atoms with van der Waals surface area (Å²) in [6.45, 7) is 0. The van der Waals surface area contributed by atoms with E-state index in [2.05, 4.69) is 66.7 Å². The molecule has 0 saturated heterocycles. The summed E-state index contributed by atoms with van der Waals surface area (Å²) in [5.41, 5.74) is 10.1. The van der Waals surface area contributed by atoms with E-state index in [1.165, 1.54) is 65.5 Å². The molecular formula is C25H24. The molecule has 0 amide bonds. The van der Waals surface area contributed by atoms with E-state index in [4.69, 9.17) is 0 Å². The minimum absolute atomic E-state index is 0.786. The molecule has 1 saturated carbocycles. The highest BCUT2D eigenvalue weighted by molar-refractivity contribution is 5.84. The second-order valence-electron chi connectivity index (χ2n) is 7.62. The largest absolute Gasteiger partial charge is 0.0619 e. The van der Waals surface area contributed by atoms with Crippen LogP contribution >= 0.6 is 0 Å². The zero-order valence-corrected chi connectivity index (χ0v) is 14.7. The van der Waals surface area contributed by atoms with Crippen LogP contribution in [0.5, 0.6) is 0 Å². The lowest BCUT2D eigenvalue weighted by Gasteiger charge is -2.22. The highest BCUT2D eigenvalue weighted by Crippen LogP contribution is 2.42. The summed E-state index contributed by atoms with van der Waals surface area (Å²) in [6, 6.07) is 25.1. The molecule has 0 aliphatic heterocycles. The molecule has 0 heterocycles. The van der Waals surface area contributed by atoms with Gasteiger partial charge in [0.25, 0.3) is 0 Å².